The lowest BCUT2D eigenvalue weighted by atomic mass is 10.2. The van der Waals surface area contributed by atoms with Gasteiger partial charge in [-0.2, -0.15) is 0 Å². The molecule has 2 aromatic heterocycles. The number of hydrogen-bond donors (Lipinski definition) is 2. The third-order valence-electron chi connectivity index (χ3n) is 6.39. The highest BCUT2D eigenvalue weighted by molar-refractivity contribution is 7.99. The fraction of sp³-hybridized carbons (Fsp3) is 0.407. The zero-order valence-corrected chi connectivity index (χ0v) is 22.2. The van der Waals surface area contributed by atoms with Crippen LogP contribution in [-0.4, -0.2) is 88.2 Å². The lowest BCUT2D eigenvalue weighted by Gasteiger charge is -2.38. The second kappa shape index (κ2) is 12.2. The topological polar surface area (TPSA) is 108 Å². The van der Waals surface area contributed by atoms with Gasteiger partial charge in [-0.05, 0) is 45.0 Å². The molecule has 0 bridgehead atoms. The number of nitrogens with zero attached hydrogens (tertiary/aromatic N) is 3. The number of esters is 1. The van der Waals surface area contributed by atoms with Crippen LogP contribution in [0.25, 0.3) is 10.9 Å². The van der Waals surface area contributed by atoms with Gasteiger partial charge in [0.25, 0.3) is 5.91 Å². The molecule has 2 amide bonds. The molecule has 1 aromatic carbocycles. The molecular weight excluding hydrogens is 490 g/mol. The highest BCUT2D eigenvalue weighted by Crippen LogP contribution is 2.23. The number of carbonyl (C=O) groups is 3. The average Bonchev–Trinajstić information content (AvgIpc) is 3.35. The van der Waals surface area contributed by atoms with Crippen molar-refractivity contribution in [1.29, 1.82) is 0 Å². The molecule has 0 unspecified atom stereocenters. The molecule has 1 fully saturated rings. The van der Waals surface area contributed by atoms with Crippen molar-refractivity contribution in [1.82, 2.24) is 25.1 Å². The van der Waals surface area contributed by atoms with E-state index in [0.717, 1.165) is 24.0 Å². The maximum Gasteiger partial charge on any atom is 0.340 e. The molecule has 4 rings (SSSR count). The Balaban J connectivity index is 1.52. The van der Waals surface area contributed by atoms with Gasteiger partial charge in [-0.3, -0.25) is 14.5 Å². The summed E-state index contributed by atoms with van der Waals surface area (Å²) in [5, 5.41) is 4.31. The molecule has 1 aliphatic rings. The molecule has 0 saturated carbocycles. The number of piperazine rings is 1. The summed E-state index contributed by atoms with van der Waals surface area (Å²) >= 11 is 1.25. The largest absolute Gasteiger partial charge is 0.462 e. The Bertz CT molecular complexity index is 1220. The van der Waals surface area contributed by atoms with Gasteiger partial charge in [0.05, 0.1) is 12.2 Å². The number of H-pyrrole nitrogens is 1. The van der Waals surface area contributed by atoms with Gasteiger partial charge < -0.3 is 19.9 Å². The van der Waals surface area contributed by atoms with E-state index < -0.39 is 12.0 Å². The molecule has 1 aliphatic heterocycles. The molecule has 3 aromatic rings. The van der Waals surface area contributed by atoms with Gasteiger partial charge in [0.15, 0.2) is 0 Å². The first-order chi connectivity index (χ1) is 17.9. The van der Waals surface area contributed by atoms with Gasteiger partial charge >= 0.3 is 5.97 Å². The molecular formula is C27H33N5O4S. The number of nitrogens with one attached hydrogen (secondary N) is 2. The lowest BCUT2D eigenvalue weighted by Crippen LogP contribution is -2.56. The van der Waals surface area contributed by atoms with E-state index >= 15 is 0 Å². The third kappa shape index (κ3) is 6.50. The summed E-state index contributed by atoms with van der Waals surface area (Å²) in [6.07, 6.45) is 1.59. The second-order valence-corrected chi connectivity index (χ2v) is 10.1. The summed E-state index contributed by atoms with van der Waals surface area (Å²) < 4.78 is 5.15. The molecule has 2 N–H and O–H groups in total. The molecule has 9 nitrogen and oxygen atoms in total. The van der Waals surface area contributed by atoms with Crippen molar-refractivity contribution in [2.75, 3.05) is 38.5 Å². The highest BCUT2D eigenvalue weighted by atomic mass is 32.2. The minimum Gasteiger partial charge on any atom is -0.462 e. The molecule has 0 spiro atoms. The number of benzene rings is 1. The zero-order valence-electron chi connectivity index (χ0n) is 21.4. The third-order valence-corrected chi connectivity index (χ3v) is 7.49. The van der Waals surface area contributed by atoms with E-state index in [-0.39, 0.29) is 24.2 Å². The van der Waals surface area contributed by atoms with Crippen LogP contribution in [0, 0.1) is 0 Å². The Morgan fingerprint density at radius 1 is 1.11 bits per heavy atom. The number of para-hydroxylation sites is 1. The van der Waals surface area contributed by atoms with E-state index in [1.54, 1.807) is 36.2 Å². The van der Waals surface area contributed by atoms with Gasteiger partial charge in [-0.25, -0.2) is 9.78 Å². The first-order valence-electron chi connectivity index (χ1n) is 12.5. The standard InChI is InChI=1S/C27H33N5O4S/c1-4-36-27(35)20-9-7-11-28-25(20)37-17-23(26(34)32-14-12-31(13-15-32)18(2)3)30-24(33)22-16-19-8-5-6-10-21(19)29-22/h5-11,16,18,23,29H,4,12-15,17H2,1-3H3,(H,30,33)/t23-/m0/s1. The van der Waals surface area contributed by atoms with Crippen LogP contribution in [0.5, 0.6) is 0 Å². The lowest BCUT2D eigenvalue weighted by molar-refractivity contribution is -0.134. The van der Waals surface area contributed by atoms with Crippen LogP contribution >= 0.6 is 11.8 Å². The van der Waals surface area contributed by atoms with Gasteiger partial charge in [-0.15, -0.1) is 11.8 Å². The zero-order chi connectivity index (χ0) is 26.4. The Morgan fingerprint density at radius 2 is 1.86 bits per heavy atom. The summed E-state index contributed by atoms with van der Waals surface area (Å²) in [6, 6.07) is 12.3. The number of hydrogen-bond acceptors (Lipinski definition) is 7. The van der Waals surface area contributed by atoms with Crippen LogP contribution in [0.2, 0.25) is 0 Å². The van der Waals surface area contributed by atoms with Crippen LogP contribution in [0.4, 0.5) is 0 Å². The van der Waals surface area contributed by atoms with Crippen molar-refractivity contribution in [3.63, 3.8) is 0 Å². The molecule has 3 heterocycles. The number of rotatable bonds is 9. The normalized spacial score (nSPS) is 15.1. The Labute approximate surface area is 220 Å². The smallest absolute Gasteiger partial charge is 0.340 e. The summed E-state index contributed by atoms with van der Waals surface area (Å²) in [4.78, 5) is 50.8. The number of ether oxygens (including phenoxy) is 1. The van der Waals surface area contributed by atoms with Crippen LogP contribution in [0.3, 0.4) is 0 Å². The molecule has 10 heteroatoms. The van der Waals surface area contributed by atoms with E-state index in [2.05, 4.69) is 34.0 Å². The van der Waals surface area contributed by atoms with Crippen LogP contribution in [0.1, 0.15) is 41.6 Å². The summed E-state index contributed by atoms with van der Waals surface area (Å²) in [5.41, 5.74) is 1.58. The van der Waals surface area contributed by atoms with E-state index in [1.807, 2.05) is 24.3 Å². The average molecular weight is 524 g/mol. The van der Waals surface area contributed by atoms with Crippen molar-refractivity contribution in [3.05, 3.63) is 59.9 Å². The van der Waals surface area contributed by atoms with Crippen molar-refractivity contribution < 1.29 is 19.1 Å². The number of aromatic amines is 1. The fourth-order valence-electron chi connectivity index (χ4n) is 4.32. The molecule has 1 atom stereocenters. The molecule has 37 heavy (non-hydrogen) atoms. The second-order valence-electron chi connectivity index (χ2n) is 9.14. The SMILES string of the molecule is CCOC(=O)c1cccnc1SC[C@H](NC(=O)c1cc2ccccc2[nH]1)C(=O)N1CCN(C(C)C)CC1. The maximum atomic E-state index is 13.6. The fourth-order valence-corrected chi connectivity index (χ4v) is 5.31. The molecule has 196 valence electrons. The Kier molecular flexibility index (Phi) is 8.83. The summed E-state index contributed by atoms with van der Waals surface area (Å²) in [5.74, 6) is -0.747. The molecule has 0 aliphatic carbocycles. The minimum atomic E-state index is -0.799. The quantitative estimate of drug-likeness (QED) is 0.328. The van der Waals surface area contributed by atoms with Crippen molar-refractivity contribution in [3.8, 4) is 0 Å². The minimum absolute atomic E-state index is 0.144. The van der Waals surface area contributed by atoms with Crippen molar-refractivity contribution >= 4 is 40.4 Å². The predicted molar refractivity (Wildman–Crippen MR) is 144 cm³/mol. The first-order valence-corrected chi connectivity index (χ1v) is 13.5. The van der Waals surface area contributed by atoms with E-state index in [9.17, 15) is 14.4 Å². The monoisotopic (exact) mass is 523 g/mol. The van der Waals surface area contributed by atoms with E-state index in [1.165, 1.54) is 11.8 Å². The number of aromatic nitrogens is 2. The Hall–Kier alpha value is -3.37. The number of pyridine rings is 1. The summed E-state index contributed by atoms with van der Waals surface area (Å²) in [6.45, 7) is 9.04. The number of amides is 2. The molecule has 1 saturated heterocycles. The first kappa shape index (κ1) is 26.7. The van der Waals surface area contributed by atoms with Crippen LogP contribution < -0.4 is 5.32 Å². The van der Waals surface area contributed by atoms with Gasteiger partial charge in [0.2, 0.25) is 5.91 Å². The van der Waals surface area contributed by atoms with Crippen molar-refractivity contribution in [2.45, 2.75) is 37.9 Å². The predicted octanol–water partition coefficient (Wildman–Crippen LogP) is 3.18. The summed E-state index contributed by atoms with van der Waals surface area (Å²) in [7, 11) is 0. The molecule has 0 radical (unpaired) electrons. The van der Waals surface area contributed by atoms with E-state index in [0.29, 0.717) is 35.4 Å². The highest BCUT2D eigenvalue weighted by Gasteiger charge is 2.30. The number of fused-ring (bicyclic) bond motifs is 1. The van der Waals surface area contributed by atoms with Crippen LogP contribution in [0.15, 0.2) is 53.7 Å². The Morgan fingerprint density at radius 3 is 2.57 bits per heavy atom. The van der Waals surface area contributed by atoms with Crippen LogP contribution in [-0.2, 0) is 9.53 Å². The van der Waals surface area contributed by atoms with E-state index in [4.69, 9.17) is 4.74 Å². The van der Waals surface area contributed by atoms with Gasteiger partial charge in [-0.1, -0.05) is 18.2 Å². The van der Waals surface area contributed by atoms with Gasteiger partial charge in [0.1, 0.15) is 16.8 Å². The number of thioether (sulfide) groups is 1. The van der Waals surface area contributed by atoms with Gasteiger partial charge in [0, 0.05) is 55.1 Å². The maximum absolute atomic E-state index is 13.6. The number of carbonyl (C=O) groups excluding carboxylic acids is 3. The van der Waals surface area contributed by atoms with Crippen molar-refractivity contribution in [2.24, 2.45) is 0 Å².